The largest absolute Gasteiger partial charge is 0.356 e. The van der Waals surface area contributed by atoms with Gasteiger partial charge in [-0.3, -0.25) is 0 Å². The van der Waals surface area contributed by atoms with Crippen LogP contribution in [0.15, 0.2) is 46.8 Å². The van der Waals surface area contributed by atoms with E-state index in [1.165, 1.54) is 4.88 Å². The summed E-state index contributed by atoms with van der Waals surface area (Å²) in [6.07, 6.45) is 1.79. The first kappa shape index (κ1) is 23.6. The van der Waals surface area contributed by atoms with Crippen molar-refractivity contribution in [2.45, 2.75) is 26.3 Å². The molecule has 2 heterocycles. The molecule has 0 radical (unpaired) electrons. The molecular weight excluding hydrogens is 519 g/mol. The SMILES string of the molecule is Cc1nnc(CN=C(NCCc2cccs2)NCCc2ccccc2Cl)n1C.I. The van der Waals surface area contributed by atoms with Crippen molar-refractivity contribution in [2.75, 3.05) is 13.1 Å². The molecule has 2 aromatic heterocycles. The third kappa shape index (κ3) is 7.27. The van der Waals surface area contributed by atoms with Crippen LogP contribution in [-0.4, -0.2) is 33.8 Å². The van der Waals surface area contributed by atoms with E-state index in [1.807, 2.05) is 42.8 Å². The Morgan fingerprint density at radius 2 is 1.86 bits per heavy atom. The van der Waals surface area contributed by atoms with E-state index >= 15 is 0 Å². The maximum absolute atomic E-state index is 6.25. The van der Waals surface area contributed by atoms with Gasteiger partial charge in [-0.2, -0.15) is 0 Å². The number of hydrogen-bond acceptors (Lipinski definition) is 4. The summed E-state index contributed by atoms with van der Waals surface area (Å²) in [6.45, 7) is 3.96. The molecule has 3 rings (SSSR count). The molecule has 2 N–H and O–H groups in total. The predicted molar refractivity (Wildman–Crippen MR) is 131 cm³/mol. The number of thiophene rings is 1. The van der Waals surface area contributed by atoms with Crippen molar-refractivity contribution in [3.63, 3.8) is 0 Å². The topological polar surface area (TPSA) is 67.1 Å². The van der Waals surface area contributed by atoms with Crippen LogP contribution in [0, 0.1) is 6.92 Å². The summed E-state index contributed by atoms with van der Waals surface area (Å²) in [6, 6.07) is 12.1. The highest BCUT2D eigenvalue weighted by atomic mass is 127. The Morgan fingerprint density at radius 3 is 2.52 bits per heavy atom. The second-order valence-electron chi connectivity index (χ2n) is 6.41. The molecule has 0 fully saturated rings. The number of halogens is 2. The zero-order valence-electron chi connectivity index (χ0n) is 16.6. The lowest BCUT2D eigenvalue weighted by Crippen LogP contribution is -2.39. The lowest BCUT2D eigenvalue weighted by molar-refractivity contribution is 0.746. The first-order valence-corrected chi connectivity index (χ1v) is 10.5. The Kier molecular flexibility index (Phi) is 9.89. The third-order valence-corrected chi connectivity index (χ3v) is 5.75. The van der Waals surface area contributed by atoms with Crippen molar-refractivity contribution >= 4 is 52.9 Å². The number of rotatable bonds is 8. The second-order valence-corrected chi connectivity index (χ2v) is 7.85. The van der Waals surface area contributed by atoms with Crippen LogP contribution >= 0.6 is 46.9 Å². The van der Waals surface area contributed by atoms with Crippen molar-refractivity contribution in [1.82, 2.24) is 25.4 Å². The quantitative estimate of drug-likeness (QED) is 0.256. The zero-order chi connectivity index (χ0) is 19.8. The van der Waals surface area contributed by atoms with E-state index in [0.29, 0.717) is 6.54 Å². The van der Waals surface area contributed by atoms with Gasteiger partial charge in [0.2, 0.25) is 0 Å². The van der Waals surface area contributed by atoms with Crippen LogP contribution in [0.5, 0.6) is 0 Å². The number of aromatic nitrogens is 3. The zero-order valence-corrected chi connectivity index (χ0v) is 20.5. The standard InChI is InChI=1S/C20H25ClN6S.HI/c1-15-25-26-19(27(15)2)14-24-20(23-12-10-17-7-5-13-28-17)22-11-9-16-6-3-4-8-18(16)21;/h3-8,13H,9-12,14H2,1-2H3,(H2,22,23,24);1H. The van der Waals surface area contributed by atoms with Crippen LogP contribution in [0.3, 0.4) is 0 Å². The predicted octanol–water partition coefficient (Wildman–Crippen LogP) is 3.98. The summed E-state index contributed by atoms with van der Waals surface area (Å²) >= 11 is 8.02. The van der Waals surface area contributed by atoms with E-state index in [-0.39, 0.29) is 24.0 Å². The van der Waals surface area contributed by atoms with E-state index in [1.54, 1.807) is 11.3 Å². The van der Waals surface area contributed by atoms with Crippen molar-refractivity contribution in [3.05, 3.63) is 68.9 Å². The molecule has 9 heteroatoms. The molecule has 1 aromatic carbocycles. The average Bonchev–Trinajstić information content (AvgIpc) is 3.32. The van der Waals surface area contributed by atoms with Crippen LogP contribution < -0.4 is 10.6 Å². The minimum absolute atomic E-state index is 0. The molecule has 0 spiro atoms. The molecule has 0 saturated heterocycles. The fraction of sp³-hybridized carbons (Fsp3) is 0.350. The Balaban J connectivity index is 0.00000300. The monoisotopic (exact) mass is 544 g/mol. The van der Waals surface area contributed by atoms with Crippen molar-refractivity contribution in [2.24, 2.45) is 12.0 Å². The van der Waals surface area contributed by atoms with Gasteiger partial charge in [0.25, 0.3) is 0 Å². The highest BCUT2D eigenvalue weighted by Gasteiger charge is 2.06. The number of guanidine groups is 1. The summed E-state index contributed by atoms with van der Waals surface area (Å²) in [5.41, 5.74) is 1.12. The Labute approximate surface area is 197 Å². The molecule has 0 aliphatic heterocycles. The molecule has 0 aliphatic rings. The minimum atomic E-state index is 0. The van der Waals surface area contributed by atoms with E-state index in [9.17, 15) is 0 Å². The highest BCUT2D eigenvalue weighted by Crippen LogP contribution is 2.14. The number of hydrogen-bond donors (Lipinski definition) is 2. The van der Waals surface area contributed by atoms with Crippen LogP contribution in [0.4, 0.5) is 0 Å². The maximum atomic E-state index is 6.25. The molecule has 0 unspecified atom stereocenters. The molecule has 29 heavy (non-hydrogen) atoms. The molecule has 0 aliphatic carbocycles. The summed E-state index contributed by atoms with van der Waals surface area (Å²) in [5.74, 6) is 2.48. The van der Waals surface area contributed by atoms with E-state index < -0.39 is 0 Å². The molecular formula is C20H26ClIN6S. The van der Waals surface area contributed by atoms with E-state index in [0.717, 1.165) is 54.1 Å². The van der Waals surface area contributed by atoms with Crippen LogP contribution in [0.1, 0.15) is 22.1 Å². The lowest BCUT2D eigenvalue weighted by Gasteiger charge is -2.13. The van der Waals surface area contributed by atoms with Crippen LogP contribution in [-0.2, 0) is 26.4 Å². The van der Waals surface area contributed by atoms with Gasteiger partial charge in [0, 0.05) is 30.0 Å². The third-order valence-electron chi connectivity index (χ3n) is 4.45. The van der Waals surface area contributed by atoms with E-state index in [2.05, 4.69) is 43.3 Å². The first-order valence-electron chi connectivity index (χ1n) is 9.26. The summed E-state index contributed by atoms with van der Waals surface area (Å²) in [7, 11) is 1.95. The maximum Gasteiger partial charge on any atom is 0.191 e. The van der Waals surface area contributed by atoms with Gasteiger partial charge in [-0.05, 0) is 42.8 Å². The van der Waals surface area contributed by atoms with Gasteiger partial charge in [0.15, 0.2) is 11.8 Å². The number of benzene rings is 1. The summed E-state index contributed by atoms with van der Waals surface area (Å²) in [4.78, 5) is 6.04. The van der Waals surface area contributed by atoms with Crippen molar-refractivity contribution in [3.8, 4) is 0 Å². The summed E-state index contributed by atoms with van der Waals surface area (Å²) in [5, 5.41) is 18.0. The fourth-order valence-electron chi connectivity index (χ4n) is 2.69. The van der Waals surface area contributed by atoms with Gasteiger partial charge in [-0.15, -0.1) is 45.5 Å². The van der Waals surface area contributed by atoms with Crippen molar-refractivity contribution in [1.29, 1.82) is 0 Å². The number of aliphatic imine (C=N–C) groups is 1. The molecule has 3 aromatic rings. The van der Waals surface area contributed by atoms with Gasteiger partial charge >= 0.3 is 0 Å². The van der Waals surface area contributed by atoms with Crippen LogP contribution in [0.25, 0.3) is 0 Å². The molecule has 156 valence electrons. The highest BCUT2D eigenvalue weighted by molar-refractivity contribution is 14.0. The number of nitrogens with one attached hydrogen (secondary N) is 2. The molecule has 6 nitrogen and oxygen atoms in total. The van der Waals surface area contributed by atoms with Gasteiger partial charge in [-0.25, -0.2) is 4.99 Å². The fourth-order valence-corrected chi connectivity index (χ4v) is 3.63. The number of aryl methyl sites for hydroxylation is 1. The Bertz CT molecular complexity index is 910. The summed E-state index contributed by atoms with van der Waals surface area (Å²) < 4.78 is 1.95. The smallest absolute Gasteiger partial charge is 0.191 e. The van der Waals surface area contributed by atoms with Gasteiger partial charge < -0.3 is 15.2 Å². The van der Waals surface area contributed by atoms with Gasteiger partial charge in [-0.1, -0.05) is 35.9 Å². The minimum Gasteiger partial charge on any atom is -0.356 e. The van der Waals surface area contributed by atoms with Crippen molar-refractivity contribution < 1.29 is 0 Å². The van der Waals surface area contributed by atoms with Gasteiger partial charge in [0.05, 0.1) is 0 Å². The molecule has 0 amide bonds. The van der Waals surface area contributed by atoms with Gasteiger partial charge in [0.1, 0.15) is 12.4 Å². The second kappa shape index (κ2) is 12.1. The first-order chi connectivity index (χ1) is 13.6. The average molecular weight is 545 g/mol. The number of nitrogens with zero attached hydrogens (tertiary/aromatic N) is 4. The molecule has 0 saturated carbocycles. The van der Waals surface area contributed by atoms with E-state index in [4.69, 9.17) is 11.6 Å². The lowest BCUT2D eigenvalue weighted by atomic mass is 10.1. The molecule has 0 atom stereocenters. The van der Waals surface area contributed by atoms with Crippen LogP contribution in [0.2, 0.25) is 5.02 Å². The normalized spacial score (nSPS) is 11.2. The Hall–Kier alpha value is -1.65. The molecule has 0 bridgehead atoms. The Morgan fingerprint density at radius 1 is 1.10 bits per heavy atom.